The number of benzene rings is 1. The van der Waals surface area contributed by atoms with E-state index in [1.807, 2.05) is 6.07 Å². The average molecular weight is 395 g/mol. The fraction of sp³-hybridized carbons (Fsp3) is 0.667. The minimum atomic E-state index is -0.730. The molecule has 3 rings (SSSR count). The third-order valence-corrected chi connectivity index (χ3v) is 6.26. The fourth-order valence-corrected chi connectivity index (χ4v) is 4.86. The van der Waals surface area contributed by atoms with Gasteiger partial charge in [0.15, 0.2) is 6.04 Å². The van der Waals surface area contributed by atoms with E-state index in [2.05, 4.69) is 18.7 Å². The Balaban J connectivity index is 1.91. The quantitative estimate of drug-likeness (QED) is 0.539. The molecule has 0 bridgehead atoms. The first-order valence-electron chi connectivity index (χ1n) is 10.5. The molecule has 2 aliphatic heterocycles. The number of likely N-dealkylation sites (tertiary alicyclic amines) is 1. The van der Waals surface area contributed by atoms with E-state index in [-0.39, 0.29) is 17.9 Å². The van der Waals surface area contributed by atoms with Crippen LogP contribution in [0.2, 0.25) is 0 Å². The summed E-state index contributed by atoms with van der Waals surface area (Å²) < 4.78 is 19.3. The molecule has 1 saturated heterocycles. The van der Waals surface area contributed by atoms with Crippen LogP contribution in [0, 0.1) is 5.82 Å². The lowest BCUT2D eigenvalue weighted by Crippen LogP contribution is -2.57. The number of piperidine rings is 1. The first-order valence-corrected chi connectivity index (χ1v) is 10.5. The van der Waals surface area contributed by atoms with Gasteiger partial charge in [0.25, 0.3) is 0 Å². The topological polar surface area (TPSA) is 64.8 Å². The number of quaternary nitrogens is 1. The number of hydroxylamine groups is 3. The maximum atomic E-state index is 13.9. The SMILES string of the molecule is CC[N+]1(CC)Oc2cc(F)ccc2C1C(CCCOC(N)=O)N1CCCCC1. The Morgan fingerprint density at radius 2 is 2.04 bits per heavy atom. The van der Waals surface area contributed by atoms with Crippen molar-refractivity contribution in [2.24, 2.45) is 5.73 Å². The molecule has 0 spiro atoms. The first kappa shape index (κ1) is 20.9. The summed E-state index contributed by atoms with van der Waals surface area (Å²) in [5, 5.41) is 0. The molecule has 2 N–H and O–H groups in total. The number of carbonyl (C=O) groups excluding carboxylic acids is 1. The van der Waals surface area contributed by atoms with E-state index in [4.69, 9.17) is 15.3 Å². The minimum Gasteiger partial charge on any atom is -0.450 e. The van der Waals surface area contributed by atoms with Crippen molar-refractivity contribution in [2.45, 2.75) is 58.0 Å². The van der Waals surface area contributed by atoms with E-state index in [0.717, 1.165) is 44.6 Å². The van der Waals surface area contributed by atoms with Crippen LogP contribution in [0.1, 0.15) is 57.6 Å². The number of likely N-dealkylation sites (N-methyl/N-ethyl adjacent to an activating group) is 1. The Morgan fingerprint density at radius 1 is 1.32 bits per heavy atom. The van der Waals surface area contributed by atoms with Gasteiger partial charge in [0.05, 0.1) is 18.2 Å². The van der Waals surface area contributed by atoms with Crippen molar-refractivity contribution < 1.29 is 23.4 Å². The lowest BCUT2D eigenvalue weighted by Gasteiger charge is -2.43. The number of hydrogen-bond acceptors (Lipinski definition) is 4. The molecular formula is C21H33FN3O3+. The van der Waals surface area contributed by atoms with Crippen molar-refractivity contribution in [1.29, 1.82) is 0 Å². The molecule has 0 aromatic heterocycles. The van der Waals surface area contributed by atoms with E-state index < -0.39 is 6.09 Å². The van der Waals surface area contributed by atoms with Gasteiger partial charge in [-0.25, -0.2) is 9.18 Å². The Labute approximate surface area is 166 Å². The lowest BCUT2D eigenvalue weighted by molar-refractivity contribution is -1.09. The summed E-state index contributed by atoms with van der Waals surface area (Å²) in [5.74, 6) is 0.387. The first-order chi connectivity index (χ1) is 13.5. The van der Waals surface area contributed by atoms with Crippen molar-refractivity contribution >= 4 is 6.09 Å². The summed E-state index contributed by atoms with van der Waals surface area (Å²) >= 11 is 0. The number of nitrogens with two attached hydrogens (primary N) is 1. The molecule has 0 aliphatic carbocycles. The Morgan fingerprint density at radius 3 is 2.68 bits per heavy atom. The van der Waals surface area contributed by atoms with Gasteiger partial charge in [-0.2, -0.15) is 0 Å². The molecule has 1 fully saturated rings. The monoisotopic (exact) mass is 394 g/mol. The fourth-order valence-electron chi connectivity index (χ4n) is 4.86. The normalized spacial score (nSPS) is 22.3. The highest BCUT2D eigenvalue weighted by Gasteiger charge is 2.52. The summed E-state index contributed by atoms with van der Waals surface area (Å²) in [5.41, 5.74) is 6.19. The molecule has 6 nitrogen and oxygen atoms in total. The van der Waals surface area contributed by atoms with Crippen LogP contribution in [0.4, 0.5) is 9.18 Å². The molecular weight excluding hydrogens is 361 g/mol. The van der Waals surface area contributed by atoms with Gasteiger partial charge in [-0.05, 0) is 64.8 Å². The van der Waals surface area contributed by atoms with Crippen molar-refractivity contribution in [3.63, 3.8) is 0 Å². The van der Waals surface area contributed by atoms with E-state index in [1.165, 1.54) is 31.4 Å². The lowest BCUT2D eigenvalue weighted by atomic mass is 9.91. The van der Waals surface area contributed by atoms with Gasteiger partial charge >= 0.3 is 6.09 Å². The molecule has 1 aromatic carbocycles. The Hall–Kier alpha value is -1.86. The number of primary amides is 1. The predicted molar refractivity (Wildman–Crippen MR) is 105 cm³/mol. The largest absolute Gasteiger partial charge is 0.450 e. The summed E-state index contributed by atoms with van der Waals surface area (Å²) in [4.78, 5) is 19.8. The second kappa shape index (κ2) is 9.09. The standard InChI is InChI=1S/C21H32FN3O3/c1-3-25(4-2)20(17-11-10-16(22)15-19(17)28-25)18(9-8-14-27-21(23)26)24-12-6-5-7-13-24/h10-11,15,18,20H,3-9,12-14H2,1-2H3,(H-,23,26)/p+1. The van der Waals surface area contributed by atoms with E-state index in [0.29, 0.717) is 17.0 Å². The maximum absolute atomic E-state index is 13.9. The number of halogens is 1. The van der Waals surface area contributed by atoms with E-state index >= 15 is 0 Å². The predicted octanol–water partition coefficient (Wildman–Crippen LogP) is 3.76. The van der Waals surface area contributed by atoms with Crippen LogP contribution in [0.3, 0.4) is 0 Å². The van der Waals surface area contributed by atoms with Crippen molar-refractivity contribution in [1.82, 2.24) is 4.90 Å². The highest BCUT2D eigenvalue weighted by molar-refractivity contribution is 5.64. The van der Waals surface area contributed by atoms with Crippen LogP contribution in [0.25, 0.3) is 0 Å². The van der Waals surface area contributed by atoms with Crippen molar-refractivity contribution in [2.75, 3.05) is 32.8 Å². The number of amides is 1. The molecule has 1 amide bonds. The molecule has 0 radical (unpaired) electrons. The van der Waals surface area contributed by atoms with Crippen LogP contribution in [0.15, 0.2) is 18.2 Å². The number of fused-ring (bicyclic) bond motifs is 1. The second-order valence-electron chi connectivity index (χ2n) is 7.78. The summed E-state index contributed by atoms with van der Waals surface area (Å²) in [7, 11) is 0. The van der Waals surface area contributed by atoms with E-state index in [9.17, 15) is 9.18 Å². The van der Waals surface area contributed by atoms with E-state index in [1.54, 1.807) is 0 Å². The summed E-state index contributed by atoms with van der Waals surface area (Å²) in [6.07, 6.45) is 4.53. The molecule has 0 saturated carbocycles. The molecule has 7 heteroatoms. The van der Waals surface area contributed by atoms with Crippen LogP contribution < -0.4 is 10.6 Å². The van der Waals surface area contributed by atoms with Gasteiger partial charge < -0.3 is 15.3 Å². The van der Waals surface area contributed by atoms with Gasteiger partial charge in [-0.3, -0.25) is 4.90 Å². The molecule has 2 aliphatic rings. The van der Waals surface area contributed by atoms with Gasteiger partial charge in [0.1, 0.15) is 18.9 Å². The summed E-state index contributed by atoms with van der Waals surface area (Å²) in [6.45, 7) is 8.30. The Kier molecular flexibility index (Phi) is 6.78. The highest BCUT2D eigenvalue weighted by atomic mass is 19.1. The molecule has 2 atom stereocenters. The highest BCUT2D eigenvalue weighted by Crippen LogP contribution is 2.47. The molecule has 2 unspecified atom stereocenters. The third kappa shape index (κ3) is 4.25. The number of nitrogens with zero attached hydrogens (tertiary/aromatic N) is 2. The number of ether oxygens (including phenoxy) is 1. The number of carbonyl (C=O) groups is 1. The maximum Gasteiger partial charge on any atom is 0.404 e. The van der Waals surface area contributed by atoms with Crippen molar-refractivity contribution in [3.05, 3.63) is 29.6 Å². The zero-order chi connectivity index (χ0) is 20.1. The van der Waals surface area contributed by atoms with Crippen LogP contribution >= 0.6 is 0 Å². The van der Waals surface area contributed by atoms with Crippen molar-refractivity contribution in [3.8, 4) is 5.75 Å². The smallest absolute Gasteiger partial charge is 0.404 e. The molecule has 2 heterocycles. The van der Waals surface area contributed by atoms with Crippen LogP contribution in [0.5, 0.6) is 5.75 Å². The van der Waals surface area contributed by atoms with Crippen LogP contribution in [-0.2, 0) is 4.74 Å². The summed E-state index contributed by atoms with van der Waals surface area (Å²) in [6, 6.07) is 5.28. The molecule has 1 aromatic rings. The van der Waals surface area contributed by atoms with Gasteiger partial charge in [-0.1, -0.05) is 6.42 Å². The molecule has 156 valence electrons. The zero-order valence-electron chi connectivity index (χ0n) is 17.0. The number of rotatable bonds is 8. The van der Waals surface area contributed by atoms with Gasteiger partial charge in [0, 0.05) is 6.07 Å². The number of hydrogen-bond donors (Lipinski definition) is 1. The Bertz CT molecular complexity index is 675. The second-order valence-corrected chi connectivity index (χ2v) is 7.78. The molecule has 28 heavy (non-hydrogen) atoms. The zero-order valence-corrected chi connectivity index (χ0v) is 17.0. The van der Waals surface area contributed by atoms with Gasteiger partial charge in [0.2, 0.25) is 5.75 Å². The van der Waals surface area contributed by atoms with Gasteiger partial charge in [-0.15, -0.1) is 4.65 Å². The van der Waals surface area contributed by atoms with Crippen LogP contribution in [-0.4, -0.2) is 54.5 Å². The average Bonchev–Trinajstić information content (AvgIpc) is 3.02. The third-order valence-electron chi connectivity index (χ3n) is 6.26. The minimum absolute atomic E-state index is 0.109.